The number of halogens is 1. The van der Waals surface area contributed by atoms with Gasteiger partial charge in [-0.15, -0.1) is 0 Å². The highest BCUT2D eigenvalue weighted by atomic mass is 19.1. The third-order valence-corrected chi connectivity index (χ3v) is 8.21. The first kappa shape index (κ1) is 31.0. The van der Waals surface area contributed by atoms with Crippen molar-refractivity contribution >= 4 is 34.2 Å². The number of hydrogen-bond donors (Lipinski definition) is 1. The predicted molar refractivity (Wildman–Crippen MR) is 172 cm³/mol. The molecule has 1 atom stereocenters. The predicted octanol–water partition coefficient (Wildman–Crippen LogP) is 3.70. The van der Waals surface area contributed by atoms with Gasteiger partial charge in [-0.1, -0.05) is 6.08 Å². The highest BCUT2D eigenvalue weighted by Crippen LogP contribution is 2.33. The Balaban J connectivity index is 1.09. The molecule has 4 heterocycles. The maximum Gasteiger partial charge on any atom is 0.264 e. The van der Waals surface area contributed by atoms with Crippen molar-refractivity contribution in [1.29, 1.82) is 0 Å². The van der Waals surface area contributed by atoms with Crippen LogP contribution in [0, 0.1) is 0 Å². The number of methoxy groups -OCH3 is 2. The van der Waals surface area contributed by atoms with Gasteiger partial charge < -0.3 is 29.5 Å². The summed E-state index contributed by atoms with van der Waals surface area (Å²) in [5.74, 6) is 0.492. The summed E-state index contributed by atoms with van der Waals surface area (Å²) in [6.45, 7) is 0.920. The monoisotopic (exact) mass is 628 g/mol. The van der Waals surface area contributed by atoms with Gasteiger partial charge in [0.15, 0.2) is 0 Å². The van der Waals surface area contributed by atoms with Crippen LogP contribution in [-0.2, 0) is 9.59 Å². The largest absolute Gasteiger partial charge is 0.497 e. The maximum absolute atomic E-state index is 15.4. The van der Waals surface area contributed by atoms with Crippen LogP contribution in [-0.4, -0.2) is 113 Å². The lowest BCUT2D eigenvalue weighted by atomic mass is 9.94. The van der Waals surface area contributed by atoms with Crippen molar-refractivity contribution < 1.29 is 23.5 Å². The minimum Gasteiger partial charge on any atom is -0.497 e. The zero-order valence-electron chi connectivity index (χ0n) is 26.3. The number of alkyl halides is 1. The van der Waals surface area contributed by atoms with E-state index in [1.165, 1.54) is 15.9 Å². The van der Waals surface area contributed by atoms with Crippen LogP contribution in [0.3, 0.4) is 0 Å². The quantitative estimate of drug-likeness (QED) is 0.263. The number of amides is 2. The molecule has 6 rings (SSSR count). The second-order valence-electron chi connectivity index (χ2n) is 11.9. The molecule has 2 aliphatic heterocycles. The van der Waals surface area contributed by atoms with E-state index in [1.54, 1.807) is 43.4 Å². The van der Waals surface area contributed by atoms with Crippen molar-refractivity contribution in [2.45, 2.75) is 18.1 Å². The average Bonchev–Trinajstić information content (AvgIpc) is 3.73. The molecule has 2 aliphatic rings. The summed E-state index contributed by atoms with van der Waals surface area (Å²) < 4.78 is 28.0. The molecule has 2 aromatic heterocycles. The fraction of sp³-hybridized carbons (Fsp3) is 0.364. The molecular formula is C33H37FN8O4. The van der Waals surface area contributed by atoms with Crippen LogP contribution >= 0.6 is 0 Å². The molecule has 0 spiro atoms. The molecule has 4 aromatic rings. The number of likely N-dealkylation sites (tertiary alicyclic amines) is 2. The lowest BCUT2D eigenvalue weighted by molar-refractivity contribution is -0.161. The van der Waals surface area contributed by atoms with E-state index in [9.17, 15) is 9.59 Å². The second kappa shape index (κ2) is 12.8. The Morgan fingerprint density at radius 2 is 1.80 bits per heavy atom. The Hall–Kier alpha value is -5.04. The normalized spacial score (nSPS) is 17.5. The van der Waals surface area contributed by atoms with Gasteiger partial charge in [0.25, 0.3) is 5.91 Å². The van der Waals surface area contributed by atoms with Crippen molar-refractivity contribution in [2.75, 3.05) is 66.4 Å². The summed E-state index contributed by atoms with van der Waals surface area (Å²) in [4.78, 5) is 39.6. The van der Waals surface area contributed by atoms with Gasteiger partial charge in [-0.05, 0) is 38.7 Å². The first-order chi connectivity index (χ1) is 22.1. The molecule has 2 aromatic carbocycles. The number of carbonyl (C=O) groups excluding carboxylic acids is 2. The summed E-state index contributed by atoms with van der Waals surface area (Å²) in [5, 5.41) is 7.91. The van der Waals surface area contributed by atoms with Crippen molar-refractivity contribution in [3.05, 3.63) is 67.1 Å². The molecule has 1 N–H and O–H groups in total. The van der Waals surface area contributed by atoms with Crippen LogP contribution in [0.1, 0.15) is 12.5 Å². The van der Waals surface area contributed by atoms with Crippen LogP contribution in [0.4, 0.5) is 15.8 Å². The molecule has 46 heavy (non-hydrogen) atoms. The summed E-state index contributed by atoms with van der Waals surface area (Å²) >= 11 is 0. The standard InChI is InChI=1S/C33H37FN8O4/c1-39(2)10-5-6-31(43)41-20-33(34,21-41)32(44)40-11-9-25(19-40)42-18-22(16-36-42)30-17-35-28-8-7-23(14-29(28)38-30)37-24-12-26(45-3)15-27(13-24)46-4/h5-8,12-18,25,37H,9-11,19-21H2,1-4H3/b6-5+/t25-/m1/s1. The SMILES string of the molecule is COc1cc(Nc2ccc3ncc(-c4cnn([C@@H]5CCN(C(=O)C6(F)CN(C(=O)/C=C/CN(C)C)C6)C5)c4)nc3c2)cc(OC)c1. The molecule has 0 bridgehead atoms. The van der Waals surface area contributed by atoms with Gasteiger partial charge in [0.1, 0.15) is 11.5 Å². The lowest BCUT2D eigenvalue weighted by Gasteiger charge is -2.44. The molecule has 240 valence electrons. The third kappa shape index (κ3) is 6.50. The summed E-state index contributed by atoms with van der Waals surface area (Å²) in [7, 11) is 7.00. The van der Waals surface area contributed by atoms with E-state index in [1.807, 2.05) is 55.5 Å². The number of carbonyl (C=O) groups is 2. The number of fused-ring (bicyclic) bond motifs is 1. The van der Waals surface area contributed by atoms with Crippen LogP contribution in [0.25, 0.3) is 22.3 Å². The summed E-state index contributed by atoms with van der Waals surface area (Å²) in [6, 6.07) is 11.2. The van der Waals surface area contributed by atoms with Crippen molar-refractivity contribution in [3.8, 4) is 22.8 Å². The van der Waals surface area contributed by atoms with E-state index in [4.69, 9.17) is 14.5 Å². The zero-order valence-corrected chi connectivity index (χ0v) is 26.3. The molecule has 0 radical (unpaired) electrons. The van der Waals surface area contributed by atoms with Gasteiger partial charge in [0.2, 0.25) is 11.6 Å². The Labute approximate surface area is 266 Å². The van der Waals surface area contributed by atoms with Gasteiger partial charge in [-0.2, -0.15) is 5.10 Å². The number of rotatable bonds is 10. The Bertz CT molecular complexity index is 1760. The van der Waals surface area contributed by atoms with Crippen LogP contribution in [0.15, 0.2) is 67.1 Å². The van der Waals surface area contributed by atoms with Crippen LogP contribution in [0.5, 0.6) is 11.5 Å². The summed E-state index contributed by atoms with van der Waals surface area (Å²) in [6.07, 6.45) is 9.12. The summed E-state index contributed by atoms with van der Waals surface area (Å²) in [5.41, 5.74) is 2.47. The van der Waals surface area contributed by atoms with Gasteiger partial charge in [0.05, 0.1) is 62.5 Å². The number of anilines is 2. The Morgan fingerprint density at radius 1 is 1.04 bits per heavy atom. The van der Waals surface area contributed by atoms with E-state index in [2.05, 4.69) is 15.4 Å². The zero-order chi connectivity index (χ0) is 32.4. The molecule has 2 fully saturated rings. The number of nitrogens with zero attached hydrogens (tertiary/aromatic N) is 7. The van der Waals surface area contributed by atoms with Gasteiger partial charge in [-0.25, -0.2) is 9.37 Å². The van der Waals surface area contributed by atoms with Crippen molar-refractivity contribution in [1.82, 2.24) is 34.4 Å². The first-order valence-electron chi connectivity index (χ1n) is 15.0. The minimum atomic E-state index is -2.05. The molecule has 13 heteroatoms. The molecule has 12 nitrogen and oxygen atoms in total. The molecule has 2 saturated heterocycles. The van der Waals surface area contributed by atoms with E-state index in [-0.39, 0.29) is 25.0 Å². The molecule has 0 saturated carbocycles. The lowest BCUT2D eigenvalue weighted by Crippen LogP contribution is -2.67. The van der Waals surface area contributed by atoms with Crippen molar-refractivity contribution in [2.24, 2.45) is 0 Å². The number of aromatic nitrogens is 4. The van der Waals surface area contributed by atoms with Crippen LogP contribution < -0.4 is 14.8 Å². The van der Waals surface area contributed by atoms with Gasteiger partial charge in [0, 0.05) is 67.0 Å². The minimum absolute atomic E-state index is 0.0999. The number of likely N-dealkylation sites (N-methyl/N-ethyl adjacent to an activating group) is 1. The van der Waals surface area contributed by atoms with E-state index < -0.39 is 11.6 Å². The highest BCUT2D eigenvalue weighted by Gasteiger charge is 2.54. The average molecular weight is 629 g/mol. The molecule has 0 unspecified atom stereocenters. The maximum atomic E-state index is 15.4. The van der Waals surface area contributed by atoms with E-state index in [0.29, 0.717) is 48.8 Å². The van der Waals surface area contributed by atoms with E-state index in [0.717, 1.165) is 22.5 Å². The van der Waals surface area contributed by atoms with Crippen LogP contribution in [0.2, 0.25) is 0 Å². The molecule has 2 amide bonds. The Morgan fingerprint density at radius 3 is 2.52 bits per heavy atom. The van der Waals surface area contributed by atoms with Gasteiger partial charge in [-0.3, -0.25) is 19.3 Å². The first-order valence-corrected chi connectivity index (χ1v) is 15.0. The van der Waals surface area contributed by atoms with Crippen molar-refractivity contribution in [3.63, 3.8) is 0 Å². The number of ether oxygens (including phenoxy) is 2. The van der Waals surface area contributed by atoms with E-state index >= 15 is 4.39 Å². The molecule has 0 aliphatic carbocycles. The topological polar surface area (TPSA) is 118 Å². The fourth-order valence-corrected chi connectivity index (χ4v) is 5.69. The highest BCUT2D eigenvalue weighted by molar-refractivity contribution is 5.93. The number of benzene rings is 2. The Kier molecular flexibility index (Phi) is 8.59. The van der Waals surface area contributed by atoms with Gasteiger partial charge >= 0.3 is 0 Å². The number of hydrogen-bond acceptors (Lipinski definition) is 9. The second-order valence-corrected chi connectivity index (χ2v) is 11.9. The number of nitrogens with one attached hydrogen (secondary N) is 1. The smallest absolute Gasteiger partial charge is 0.264 e. The molecular weight excluding hydrogens is 591 g/mol. The fourth-order valence-electron chi connectivity index (χ4n) is 5.69. The third-order valence-electron chi connectivity index (χ3n) is 8.21.